The summed E-state index contributed by atoms with van der Waals surface area (Å²) in [6.45, 7) is 4.01. The molecule has 6 heteroatoms. The van der Waals surface area contributed by atoms with Crippen LogP contribution in [-0.2, 0) is 0 Å². The number of aromatic nitrogens is 2. The molecular weight excluding hydrogens is 283 g/mol. The molecule has 122 valence electrons. The Morgan fingerprint density at radius 1 is 1.36 bits per heavy atom. The highest BCUT2D eigenvalue weighted by molar-refractivity contribution is 5.30. The Hall–Kier alpha value is -1.43. The molecule has 1 aromatic heterocycles. The summed E-state index contributed by atoms with van der Waals surface area (Å²) in [4.78, 5) is 4.25. The first-order valence-electron chi connectivity index (χ1n) is 8.16. The van der Waals surface area contributed by atoms with E-state index >= 15 is 0 Å². The van der Waals surface area contributed by atoms with Crippen molar-refractivity contribution in [3.8, 4) is 0 Å². The third kappa shape index (κ3) is 3.66. The highest BCUT2D eigenvalue weighted by Gasteiger charge is 2.35. The van der Waals surface area contributed by atoms with Crippen LogP contribution in [0, 0.1) is 12.8 Å². The number of allylic oxidation sites excluding steroid dienone is 2. The van der Waals surface area contributed by atoms with Crippen LogP contribution in [0.3, 0.4) is 0 Å². The maximum atomic E-state index is 13.9. The minimum absolute atomic E-state index is 0.110. The van der Waals surface area contributed by atoms with E-state index in [2.05, 4.69) is 34.3 Å². The standard InChI is InChI=1S/C16H25FN4O/c1-12-18-19-16(22-12)21-10-14(17)8-15(21)11-20(2)9-13-6-4-3-5-7-13/h3-4,13-15H,5-11H2,1-2H3/t13?,14-,15-/m0/s1. The minimum atomic E-state index is -0.816. The molecule has 0 spiro atoms. The van der Waals surface area contributed by atoms with Crippen molar-refractivity contribution in [3.05, 3.63) is 18.0 Å². The lowest BCUT2D eigenvalue weighted by molar-refractivity contribution is 0.245. The van der Waals surface area contributed by atoms with E-state index in [1.807, 2.05) is 4.90 Å². The summed E-state index contributed by atoms with van der Waals surface area (Å²) in [7, 11) is 2.13. The van der Waals surface area contributed by atoms with Gasteiger partial charge in [-0.05, 0) is 32.2 Å². The Morgan fingerprint density at radius 2 is 2.23 bits per heavy atom. The quantitative estimate of drug-likeness (QED) is 0.782. The molecule has 2 aliphatic rings. The fourth-order valence-corrected chi connectivity index (χ4v) is 3.57. The predicted molar refractivity (Wildman–Crippen MR) is 83.7 cm³/mol. The molecule has 3 atom stereocenters. The number of hydrogen-bond donors (Lipinski definition) is 0. The Balaban J connectivity index is 1.58. The van der Waals surface area contributed by atoms with Crippen molar-refractivity contribution in [2.24, 2.45) is 5.92 Å². The predicted octanol–water partition coefficient (Wildman–Crippen LogP) is 2.58. The maximum absolute atomic E-state index is 13.9. The van der Waals surface area contributed by atoms with Crippen LogP contribution in [0.2, 0.25) is 0 Å². The van der Waals surface area contributed by atoms with Gasteiger partial charge in [-0.15, -0.1) is 5.10 Å². The van der Waals surface area contributed by atoms with Crippen molar-refractivity contribution in [1.82, 2.24) is 15.1 Å². The average Bonchev–Trinajstić information content (AvgIpc) is 3.06. The van der Waals surface area contributed by atoms with Crippen LogP contribution in [0.25, 0.3) is 0 Å². The van der Waals surface area contributed by atoms with Gasteiger partial charge in [0.05, 0.1) is 6.54 Å². The number of anilines is 1. The van der Waals surface area contributed by atoms with Gasteiger partial charge in [-0.2, -0.15) is 0 Å². The molecule has 1 aromatic rings. The molecule has 0 radical (unpaired) electrons. The van der Waals surface area contributed by atoms with Gasteiger partial charge in [0, 0.05) is 32.5 Å². The number of nitrogens with zero attached hydrogens (tertiary/aromatic N) is 4. The van der Waals surface area contributed by atoms with Crippen molar-refractivity contribution in [2.75, 3.05) is 31.6 Å². The van der Waals surface area contributed by atoms with E-state index in [4.69, 9.17) is 4.42 Å². The fourth-order valence-electron chi connectivity index (χ4n) is 3.57. The maximum Gasteiger partial charge on any atom is 0.318 e. The zero-order valence-electron chi connectivity index (χ0n) is 13.4. The first-order valence-corrected chi connectivity index (χ1v) is 8.16. The number of likely N-dealkylation sites (N-methyl/N-ethyl adjacent to an activating group) is 1. The SMILES string of the molecule is Cc1nnc(N2C[C@@H](F)C[C@H]2CN(C)CC2CC=CCC2)o1. The lowest BCUT2D eigenvalue weighted by Gasteiger charge is -2.30. The Bertz CT molecular complexity index is 518. The number of hydrogen-bond acceptors (Lipinski definition) is 5. The lowest BCUT2D eigenvalue weighted by Crippen LogP contribution is -2.40. The normalized spacial score (nSPS) is 28.7. The van der Waals surface area contributed by atoms with Crippen LogP contribution in [0.1, 0.15) is 31.6 Å². The van der Waals surface area contributed by atoms with E-state index in [1.54, 1.807) is 6.92 Å². The zero-order valence-corrected chi connectivity index (χ0v) is 13.4. The molecule has 3 rings (SSSR count). The molecule has 1 saturated heterocycles. The smallest absolute Gasteiger partial charge is 0.318 e. The van der Waals surface area contributed by atoms with Crippen LogP contribution in [-0.4, -0.2) is 54.0 Å². The number of alkyl halides is 1. The second-order valence-corrected chi connectivity index (χ2v) is 6.61. The van der Waals surface area contributed by atoms with Crippen molar-refractivity contribution in [2.45, 2.75) is 44.8 Å². The average molecular weight is 308 g/mol. The van der Waals surface area contributed by atoms with Crippen molar-refractivity contribution in [1.29, 1.82) is 0 Å². The fraction of sp³-hybridized carbons (Fsp3) is 0.750. The highest BCUT2D eigenvalue weighted by atomic mass is 19.1. The monoisotopic (exact) mass is 308 g/mol. The number of aryl methyl sites for hydroxylation is 1. The number of rotatable bonds is 5. The molecule has 5 nitrogen and oxygen atoms in total. The van der Waals surface area contributed by atoms with Crippen LogP contribution in [0.15, 0.2) is 16.6 Å². The molecule has 1 unspecified atom stereocenters. The summed E-state index contributed by atoms with van der Waals surface area (Å²) in [6.07, 6.45) is 7.86. The van der Waals surface area contributed by atoms with E-state index in [0.717, 1.165) is 25.4 Å². The molecule has 2 heterocycles. The van der Waals surface area contributed by atoms with E-state index < -0.39 is 6.17 Å². The van der Waals surface area contributed by atoms with E-state index in [9.17, 15) is 4.39 Å². The third-order valence-electron chi connectivity index (χ3n) is 4.59. The van der Waals surface area contributed by atoms with Crippen LogP contribution in [0.4, 0.5) is 10.4 Å². The number of halogens is 1. The zero-order chi connectivity index (χ0) is 15.5. The van der Waals surface area contributed by atoms with E-state index in [1.165, 1.54) is 12.8 Å². The molecular formula is C16H25FN4O. The first kappa shape index (κ1) is 15.5. The van der Waals surface area contributed by atoms with Gasteiger partial charge in [0.1, 0.15) is 6.17 Å². The molecule has 0 amide bonds. The van der Waals surface area contributed by atoms with E-state index in [0.29, 0.717) is 24.9 Å². The van der Waals surface area contributed by atoms with Gasteiger partial charge in [-0.1, -0.05) is 17.3 Å². The largest absolute Gasteiger partial charge is 0.408 e. The third-order valence-corrected chi connectivity index (χ3v) is 4.59. The van der Waals surface area contributed by atoms with Gasteiger partial charge in [-0.3, -0.25) is 0 Å². The Morgan fingerprint density at radius 3 is 2.91 bits per heavy atom. The highest BCUT2D eigenvalue weighted by Crippen LogP contribution is 2.27. The molecule has 0 saturated carbocycles. The summed E-state index contributed by atoms with van der Waals surface area (Å²) < 4.78 is 19.4. The van der Waals surface area contributed by atoms with Crippen LogP contribution in [0.5, 0.6) is 0 Å². The van der Waals surface area contributed by atoms with Gasteiger partial charge in [0.25, 0.3) is 0 Å². The molecule has 0 bridgehead atoms. The minimum Gasteiger partial charge on any atom is -0.408 e. The second-order valence-electron chi connectivity index (χ2n) is 6.61. The summed E-state index contributed by atoms with van der Waals surface area (Å²) in [5, 5.41) is 7.91. The van der Waals surface area contributed by atoms with Crippen molar-refractivity contribution < 1.29 is 8.81 Å². The molecule has 1 fully saturated rings. The summed E-state index contributed by atoms with van der Waals surface area (Å²) in [5.74, 6) is 1.25. The summed E-state index contributed by atoms with van der Waals surface area (Å²) in [5.41, 5.74) is 0. The van der Waals surface area contributed by atoms with Crippen molar-refractivity contribution in [3.63, 3.8) is 0 Å². The first-order chi connectivity index (χ1) is 10.6. The van der Waals surface area contributed by atoms with Gasteiger partial charge >= 0.3 is 6.01 Å². The Kier molecular flexibility index (Phi) is 4.76. The topological polar surface area (TPSA) is 45.4 Å². The Labute approximate surface area is 131 Å². The summed E-state index contributed by atoms with van der Waals surface area (Å²) >= 11 is 0. The van der Waals surface area contributed by atoms with E-state index in [-0.39, 0.29) is 6.04 Å². The second kappa shape index (κ2) is 6.77. The molecule has 22 heavy (non-hydrogen) atoms. The molecule has 0 aromatic carbocycles. The van der Waals surface area contributed by atoms with Gasteiger partial charge in [0.2, 0.25) is 5.89 Å². The van der Waals surface area contributed by atoms with Crippen LogP contribution < -0.4 is 4.90 Å². The summed E-state index contributed by atoms with van der Waals surface area (Å²) in [6, 6.07) is 0.565. The van der Waals surface area contributed by atoms with Gasteiger partial charge < -0.3 is 14.2 Å². The van der Waals surface area contributed by atoms with Crippen molar-refractivity contribution >= 4 is 6.01 Å². The lowest BCUT2D eigenvalue weighted by atomic mass is 9.94. The van der Waals surface area contributed by atoms with Crippen LogP contribution >= 0.6 is 0 Å². The van der Waals surface area contributed by atoms with Gasteiger partial charge in [0.15, 0.2) is 0 Å². The molecule has 1 aliphatic heterocycles. The molecule has 1 aliphatic carbocycles. The van der Waals surface area contributed by atoms with Gasteiger partial charge in [-0.25, -0.2) is 4.39 Å². The molecule has 0 N–H and O–H groups in total.